The van der Waals surface area contributed by atoms with E-state index in [-0.39, 0.29) is 27.9 Å². The molecule has 0 amide bonds. The van der Waals surface area contributed by atoms with Gasteiger partial charge in [0.25, 0.3) is 0 Å². The van der Waals surface area contributed by atoms with E-state index in [0.29, 0.717) is 12.0 Å². The molecule has 2 aromatic carbocycles. The lowest BCUT2D eigenvalue weighted by Crippen LogP contribution is -2.47. The van der Waals surface area contributed by atoms with E-state index < -0.39 is 39.8 Å². The van der Waals surface area contributed by atoms with Gasteiger partial charge in [0.2, 0.25) is 10.0 Å². The molecule has 2 aromatic rings. The summed E-state index contributed by atoms with van der Waals surface area (Å²) >= 11 is 11.9. The number of carbonyl (C=O) groups excluding carboxylic acids is 1. The highest BCUT2D eigenvalue weighted by molar-refractivity contribution is 7.89. The molecule has 0 radical (unpaired) electrons. The van der Waals surface area contributed by atoms with E-state index in [2.05, 4.69) is 0 Å². The van der Waals surface area contributed by atoms with Crippen molar-refractivity contribution >= 4 is 45.0 Å². The lowest BCUT2D eigenvalue weighted by Gasteiger charge is -2.27. The Morgan fingerprint density at radius 3 is 2.27 bits per heavy atom. The van der Waals surface area contributed by atoms with Crippen molar-refractivity contribution in [2.45, 2.75) is 29.8 Å². The Hall–Kier alpha value is -1.97. The number of hydrogen-bond donors (Lipinski definition) is 2. The number of nitrogens with two attached hydrogens (primary N) is 1. The number of aliphatic carboxylic acids is 1. The summed E-state index contributed by atoms with van der Waals surface area (Å²) in [5.41, 5.74) is 6.59. The van der Waals surface area contributed by atoms with Gasteiger partial charge in [0.15, 0.2) is 5.78 Å². The van der Waals surface area contributed by atoms with Crippen molar-refractivity contribution in [3.8, 4) is 0 Å². The molecule has 1 heterocycles. The van der Waals surface area contributed by atoms with Gasteiger partial charge in [-0.1, -0.05) is 53.5 Å². The number of hydrogen-bond acceptors (Lipinski definition) is 5. The zero-order valence-electron chi connectivity index (χ0n) is 15.7. The Bertz CT molecular complexity index is 1040. The predicted molar refractivity (Wildman–Crippen MR) is 113 cm³/mol. The molecule has 1 fully saturated rings. The van der Waals surface area contributed by atoms with Crippen LogP contribution < -0.4 is 5.73 Å². The maximum Gasteiger partial charge on any atom is 0.316 e. The second-order valence-electron chi connectivity index (χ2n) is 7.03. The molecule has 3 rings (SSSR count). The van der Waals surface area contributed by atoms with Crippen LogP contribution in [0.5, 0.6) is 0 Å². The first kappa shape index (κ1) is 22.7. The summed E-state index contributed by atoms with van der Waals surface area (Å²) in [6.07, 6.45) is 0.620. The summed E-state index contributed by atoms with van der Waals surface area (Å²) in [4.78, 5) is 25.0. The van der Waals surface area contributed by atoms with Crippen LogP contribution in [0.25, 0.3) is 0 Å². The lowest BCUT2D eigenvalue weighted by molar-refractivity contribution is -0.148. The van der Waals surface area contributed by atoms with E-state index in [0.717, 1.165) is 4.31 Å². The Labute approximate surface area is 184 Å². The molecule has 10 heteroatoms. The SMILES string of the molecule is N[C@H](c1ccccc1)C(C(=O)O)C(=O)[C@@H]1CCCN1S(=O)(=O)c1cc(Cl)cc(Cl)c1. The third kappa shape index (κ3) is 4.53. The number of nitrogens with zero attached hydrogens (tertiary/aromatic N) is 1. The van der Waals surface area contributed by atoms with Crippen LogP contribution in [0.3, 0.4) is 0 Å². The molecule has 3 N–H and O–H groups in total. The van der Waals surface area contributed by atoms with Crippen LogP contribution >= 0.6 is 23.2 Å². The number of carboxylic acid groups (broad SMARTS) is 1. The standard InChI is InChI=1S/C20H20Cl2N2O5S/c21-13-9-14(22)11-15(10-13)30(28,29)24-8-4-7-16(24)19(25)17(20(26)27)18(23)12-5-2-1-3-6-12/h1-3,5-6,9-11,16-18H,4,7-8,23H2,(H,26,27)/t16-,17?,18+/m0/s1. The topological polar surface area (TPSA) is 118 Å². The molecule has 160 valence electrons. The normalized spacial score (nSPS) is 19.4. The average Bonchev–Trinajstić information content (AvgIpc) is 3.18. The van der Waals surface area contributed by atoms with Gasteiger partial charge in [0, 0.05) is 16.6 Å². The number of Topliss-reactive ketones (excluding diaryl/α,β-unsaturated/α-hetero) is 1. The minimum atomic E-state index is -4.12. The second-order valence-corrected chi connectivity index (χ2v) is 9.80. The van der Waals surface area contributed by atoms with Gasteiger partial charge in [-0.25, -0.2) is 8.42 Å². The summed E-state index contributed by atoms with van der Waals surface area (Å²) in [7, 11) is -4.12. The zero-order chi connectivity index (χ0) is 22.1. The highest BCUT2D eigenvalue weighted by Gasteiger charge is 2.45. The monoisotopic (exact) mass is 470 g/mol. The Kier molecular flexibility index (Phi) is 6.84. The Balaban J connectivity index is 1.94. The largest absolute Gasteiger partial charge is 0.481 e. The third-order valence-corrected chi connectivity index (χ3v) is 7.41. The van der Waals surface area contributed by atoms with Crippen molar-refractivity contribution in [2.75, 3.05) is 6.54 Å². The van der Waals surface area contributed by atoms with E-state index in [4.69, 9.17) is 28.9 Å². The van der Waals surface area contributed by atoms with Crippen LogP contribution in [0.2, 0.25) is 10.0 Å². The minimum absolute atomic E-state index is 0.0792. The number of rotatable bonds is 7. The van der Waals surface area contributed by atoms with Gasteiger partial charge >= 0.3 is 5.97 Å². The van der Waals surface area contributed by atoms with Crippen molar-refractivity contribution in [2.24, 2.45) is 11.7 Å². The lowest BCUT2D eigenvalue weighted by atomic mass is 9.87. The summed E-state index contributed by atoms with van der Waals surface area (Å²) in [6, 6.07) is 10.0. The summed E-state index contributed by atoms with van der Waals surface area (Å²) in [5.74, 6) is -3.73. The molecule has 3 atom stereocenters. The molecule has 0 bridgehead atoms. The first-order valence-corrected chi connectivity index (χ1v) is 11.4. The van der Waals surface area contributed by atoms with Gasteiger partial charge in [0.1, 0.15) is 5.92 Å². The summed E-state index contributed by atoms with van der Waals surface area (Å²) in [5, 5.41) is 9.98. The minimum Gasteiger partial charge on any atom is -0.481 e. The molecule has 0 aromatic heterocycles. The van der Waals surface area contributed by atoms with Crippen LogP contribution in [-0.2, 0) is 19.6 Å². The number of sulfonamides is 1. The average molecular weight is 471 g/mol. The van der Waals surface area contributed by atoms with Crippen LogP contribution in [0, 0.1) is 5.92 Å². The first-order chi connectivity index (χ1) is 14.1. The number of ketones is 1. The fourth-order valence-corrected chi connectivity index (χ4v) is 6.04. The molecule has 7 nitrogen and oxygen atoms in total. The molecule has 0 saturated carbocycles. The van der Waals surface area contributed by atoms with Gasteiger partial charge in [-0.05, 0) is 36.6 Å². The maximum atomic E-state index is 13.2. The number of halogens is 2. The first-order valence-electron chi connectivity index (χ1n) is 9.18. The summed E-state index contributed by atoms with van der Waals surface area (Å²) < 4.78 is 27.3. The smallest absolute Gasteiger partial charge is 0.316 e. The van der Waals surface area contributed by atoms with Crippen LogP contribution in [0.4, 0.5) is 0 Å². The van der Waals surface area contributed by atoms with Crippen molar-refractivity contribution in [3.63, 3.8) is 0 Å². The molecule has 0 spiro atoms. The van der Waals surface area contributed by atoms with Crippen molar-refractivity contribution in [3.05, 3.63) is 64.1 Å². The zero-order valence-corrected chi connectivity index (χ0v) is 18.1. The fraction of sp³-hybridized carbons (Fsp3) is 0.300. The van der Waals surface area contributed by atoms with E-state index in [1.807, 2.05) is 0 Å². The van der Waals surface area contributed by atoms with Crippen molar-refractivity contribution in [1.82, 2.24) is 4.31 Å². The van der Waals surface area contributed by atoms with E-state index >= 15 is 0 Å². The highest BCUT2D eigenvalue weighted by Crippen LogP contribution is 2.33. The second kappa shape index (κ2) is 9.03. The highest BCUT2D eigenvalue weighted by atomic mass is 35.5. The molecule has 1 saturated heterocycles. The van der Waals surface area contributed by atoms with Crippen LogP contribution in [0.15, 0.2) is 53.4 Å². The maximum absolute atomic E-state index is 13.2. The van der Waals surface area contributed by atoms with E-state index in [1.54, 1.807) is 30.3 Å². The van der Waals surface area contributed by atoms with Crippen molar-refractivity contribution < 1.29 is 23.1 Å². The quantitative estimate of drug-likeness (QED) is 0.600. The Morgan fingerprint density at radius 1 is 1.10 bits per heavy atom. The number of carboxylic acids is 1. The molecular weight excluding hydrogens is 451 g/mol. The Morgan fingerprint density at radius 2 is 1.70 bits per heavy atom. The van der Waals surface area contributed by atoms with E-state index in [9.17, 15) is 23.1 Å². The third-order valence-electron chi connectivity index (χ3n) is 5.09. The van der Waals surface area contributed by atoms with Crippen molar-refractivity contribution in [1.29, 1.82) is 0 Å². The van der Waals surface area contributed by atoms with Crippen LogP contribution in [-0.4, -0.2) is 42.2 Å². The fourth-order valence-electron chi connectivity index (χ4n) is 3.65. The number of benzene rings is 2. The molecular formula is C20H20Cl2N2O5S. The molecule has 30 heavy (non-hydrogen) atoms. The van der Waals surface area contributed by atoms with Gasteiger partial charge in [-0.15, -0.1) is 0 Å². The number of carbonyl (C=O) groups is 2. The van der Waals surface area contributed by atoms with Gasteiger partial charge < -0.3 is 10.8 Å². The van der Waals surface area contributed by atoms with E-state index in [1.165, 1.54) is 18.2 Å². The molecule has 1 aliphatic rings. The predicted octanol–water partition coefficient (Wildman–Crippen LogP) is 3.12. The van der Waals surface area contributed by atoms with Gasteiger partial charge in [-0.2, -0.15) is 4.31 Å². The molecule has 1 unspecified atom stereocenters. The molecule has 0 aliphatic carbocycles. The molecule has 1 aliphatic heterocycles. The summed E-state index contributed by atoms with van der Waals surface area (Å²) in [6.45, 7) is 0.0792. The van der Waals surface area contributed by atoms with Gasteiger partial charge in [-0.3, -0.25) is 9.59 Å². The van der Waals surface area contributed by atoms with Gasteiger partial charge in [0.05, 0.1) is 17.0 Å². The van der Waals surface area contributed by atoms with Crippen LogP contribution in [0.1, 0.15) is 24.4 Å².